The van der Waals surface area contributed by atoms with Crippen LogP contribution in [0.4, 0.5) is 4.39 Å². The predicted molar refractivity (Wildman–Crippen MR) is 139 cm³/mol. The normalized spacial score (nSPS) is 16.8. The van der Waals surface area contributed by atoms with Crippen molar-refractivity contribution < 1.29 is 28.6 Å². The van der Waals surface area contributed by atoms with Crippen molar-refractivity contribution in [1.82, 2.24) is 10.2 Å². The average Bonchev–Trinajstić information content (AvgIpc) is 3.59. The van der Waals surface area contributed by atoms with Gasteiger partial charge >= 0.3 is 0 Å². The summed E-state index contributed by atoms with van der Waals surface area (Å²) in [4.78, 5) is 29.0. The zero-order valence-corrected chi connectivity index (χ0v) is 21.5. The fourth-order valence-corrected chi connectivity index (χ4v) is 5.67. The maximum Gasteiger partial charge on any atom is 0.292 e. The third-order valence-corrected chi connectivity index (χ3v) is 7.80. The molecule has 2 atom stereocenters. The van der Waals surface area contributed by atoms with Crippen LogP contribution in [0.3, 0.4) is 0 Å². The molecule has 0 saturated carbocycles. The van der Waals surface area contributed by atoms with E-state index in [1.807, 2.05) is 6.07 Å². The Hall–Kier alpha value is -2.98. The van der Waals surface area contributed by atoms with Gasteiger partial charge in [0.15, 0.2) is 17.3 Å². The largest absolute Gasteiger partial charge is 0.486 e. The average molecular weight is 545 g/mol. The first-order valence-electron chi connectivity index (χ1n) is 12.1. The van der Waals surface area contributed by atoms with Gasteiger partial charge in [0.2, 0.25) is 5.78 Å². The summed E-state index contributed by atoms with van der Waals surface area (Å²) in [5, 5.41) is 13.9. The summed E-state index contributed by atoms with van der Waals surface area (Å²) in [6, 6.07) is 12.2. The summed E-state index contributed by atoms with van der Waals surface area (Å²) >= 11 is 7.43. The lowest BCUT2D eigenvalue weighted by molar-refractivity contribution is -0.118. The van der Waals surface area contributed by atoms with Crippen LogP contribution in [-0.4, -0.2) is 60.6 Å². The molecule has 5 rings (SSSR count). The van der Waals surface area contributed by atoms with E-state index in [4.69, 9.17) is 21.1 Å². The summed E-state index contributed by atoms with van der Waals surface area (Å²) < 4.78 is 26.1. The minimum Gasteiger partial charge on any atom is -0.486 e. The number of aliphatic hydroxyl groups is 1. The summed E-state index contributed by atoms with van der Waals surface area (Å²) in [6.07, 6.45) is 0.750. The van der Waals surface area contributed by atoms with Crippen molar-refractivity contribution in [3.8, 4) is 21.9 Å². The number of aliphatic hydroxyl groups excluding tert-OH is 1. The molecular weight excluding hydrogens is 519 g/mol. The van der Waals surface area contributed by atoms with Gasteiger partial charge in [-0.25, -0.2) is 4.39 Å². The molecule has 2 aliphatic heterocycles. The van der Waals surface area contributed by atoms with Crippen LogP contribution < -0.4 is 14.8 Å². The SMILES string of the molecule is O=C(NC(CN1CCCC1)C(O)c1cc(F)c2c(c1)OCCO2)C(=O)c1ccc(-c2ccc(Cl)s2)cc1. The summed E-state index contributed by atoms with van der Waals surface area (Å²) in [5.74, 6) is -2.00. The number of hydrogen-bond acceptors (Lipinski definition) is 7. The number of likely N-dealkylation sites (tertiary alicyclic amines) is 1. The van der Waals surface area contributed by atoms with Gasteiger partial charge in [-0.3, -0.25) is 9.59 Å². The first kappa shape index (κ1) is 25.7. The van der Waals surface area contributed by atoms with Crippen LogP contribution in [0.25, 0.3) is 10.4 Å². The molecular formula is C27H26ClFN2O5S. The standard InChI is InChI=1S/C27H26ClFN2O5S/c28-23-8-7-22(37-23)16-3-5-17(6-4-16)25(33)27(34)30-20(15-31-9-1-2-10-31)24(32)18-13-19(29)26-21(14-18)35-11-12-36-26/h3-8,13-14,20,24,32H,1-2,9-12,15H2,(H,30,34). The maximum absolute atomic E-state index is 14.7. The Morgan fingerprint density at radius 3 is 2.51 bits per heavy atom. The van der Waals surface area contributed by atoms with Crippen molar-refractivity contribution in [1.29, 1.82) is 0 Å². The Labute approximate surface area is 222 Å². The van der Waals surface area contributed by atoms with Gasteiger partial charge in [-0.05, 0) is 61.3 Å². The number of thiophene rings is 1. The van der Waals surface area contributed by atoms with Gasteiger partial charge in [0.05, 0.1) is 10.4 Å². The number of Topliss-reactive ketones (excluding diaryl/α,β-unsaturated/α-hetero) is 1. The highest BCUT2D eigenvalue weighted by Gasteiger charge is 2.31. The highest BCUT2D eigenvalue weighted by atomic mass is 35.5. The zero-order valence-electron chi connectivity index (χ0n) is 19.9. The lowest BCUT2D eigenvalue weighted by atomic mass is 9.99. The van der Waals surface area contributed by atoms with Gasteiger partial charge in [0.1, 0.15) is 19.3 Å². The van der Waals surface area contributed by atoms with E-state index in [0.29, 0.717) is 10.9 Å². The maximum atomic E-state index is 14.7. The first-order chi connectivity index (χ1) is 17.9. The molecule has 194 valence electrons. The third kappa shape index (κ3) is 5.80. The first-order valence-corrected chi connectivity index (χ1v) is 13.3. The monoisotopic (exact) mass is 544 g/mol. The molecule has 1 fully saturated rings. The molecule has 37 heavy (non-hydrogen) atoms. The lowest BCUT2D eigenvalue weighted by Crippen LogP contribution is -2.48. The van der Waals surface area contributed by atoms with Crippen molar-refractivity contribution in [3.63, 3.8) is 0 Å². The summed E-state index contributed by atoms with van der Waals surface area (Å²) in [6.45, 7) is 2.46. The molecule has 7 nitrogen and oxygen atoms in total. The Morgan fingerprint density at radius 2 is 1.81 bits per heavy atom. The van der Waals surface area contributed by atoms with E-state index >= 15 is 0 Å². The van der Waals surface area contributed by atoms with Gasteiger partial charge in [-0.2, -0.15) is 0 Å². The van der Waals surface area contributed by atoms with E-state index in [2.05, 4.69) is 10.2 Å². The van der Waals surface area contributed by atoms with Crippen molar-refractivity contribution in [2.24, 2.45) is 0 Å². The van der Waals surface area contributed by atoms with Gasteiger partial charge in [0, 0.05) is 17.0 Å². The lowest BCUT2D eigenvalue weighted by Gasteiger charge is -2.29. The number of halogens is 2. The number of nitrogens with zero attached hydrogens (tertiary/aromatic N) is 1. The van der Waals surface area contributed by atoms with Crippen molar-refractivity contribution in [3.05, 3.63) is 69.8 Å². The second-order valence-corrected chi connectivity index (χ2v) is 10.8. The molecule has 0 aliphatic carbocycles. The van der Waals surface area contributed by atoms with Crippen LogP contribution in [0.1, 0.15) is 34.9 Å². The van der Waals surface area contributed by atoms with Gasteiger partial charge in [-0.1, -0.05) is 35.9 Å². The molecule has 1 saturated heterocycles. The number of benzene rings is 2. The van der Waals surface area contributed by atoms with Crippen LogP contribution >= 0.6 is 22.9 Å². The van der Waals surface area contributed by atoms with Crippen LogP contribution in [0.15, 0.2) is 48.5 Å². The fraction of sp³-hybridized carbons (Fsp3) is 0.333. The molecule has 2 N–H and O–H groups in total. The number of carbonyl (C=O) groups is 2. The van der Waals surface area contributed by atoms with Gasteiger partial charge in [-0.15, -0.1) is 11.3 Å². The number of ether oxygens (including phenoxy) is 2. The quantitative estimate of drug-likeness (QED) is 0.321. The van der Waals surface area contributed by atoms with E-state index in [9.17, 15) is 19.1 Å². The Morgan fingerprint density at radius 1 is 1.08 bits per heavy atom. The molecule has 0 spiro atoms. The number of carbonyl (C=O) groups excluding carboxylic acids is 2. The molecule has 0 bridgehead atoms. The van der Waals surface area contributed by atoms with Crippen LogP contribution in [0.5, 0.6) is 11.5 Å². The molecule has 2 unspecified atom stereocenters. The van der Waals surface area contributed by atoms with Gasteiger partial charge in [0.25, 0.3) is 5.91 Å². The van der Waals surface area contributed by atoms with E-state index < -0.39 is 29.7 Å². The summed E-state index contributed by atoms with van der Waals surface area (Å²) in [5.41, 5.74) is 1.35. The van der Waals surface area contributed by atoms with Gasteiger partial charge < -0.3 is 24.8 Å². The molecule has 3 aromatic rings. The number of rotatable bonds is 8. The van der Waals surface area contributed by atoms with Crippen LogP contribution in [0, 0.1) is 5.82 Å². The smallest absolute Gasteiger partial charge is 0.292 e. The fourth-order valence-electron chi connectivity index (χ4n) is 4.62. The van der Waals surface area contributed by atoms with Crippen LogP contribution in [0.2, 0.25) is 4.34 Å². The predicted octanol–water partition coefficient (Wildman–Crippen LogP) is 4.48. The molecule has 1 aromatic heterocycles. The summed E-state index contributed by atoms with van der Waals surface area (Å²) in [7, 11) is 0. The van der Waals surface area contributed by atoms with Crippen LogP contribution in [-0.2, 0) is 4.79 Å². The minimum absolute atomic E-state index is 0.00535. The highest BCUT2D eigenvalue weighted by molar-refractivity contribution is 7.19. The topological polar surface area (TPSA) is 88.1 Å². The molecule has 1 amide bonds. The number of fused-ring (bicyclic) bond motifs is 1. The Balaban J connectivity index is 1.34. The molecule has 3 heterocycles. The zero-order chi connectivity index (χ0) is 25.9. The van der Waals surface area contributed by atoms with Crippen molar-refractivity contribution >= 4 is 34.6 Å². The molecule has 2 aromatic carbocycles. The number of hydrogen-bond donors (Lipinski definition) is 2. The van der Waals surface area contributed by atoms with Crippen molar-refractivity contribution in [2.45, 2.75) is 25.0 Å². The Kier molecular flexibility index (Phi) is 7.76. The highest BCUT2D eigenvalue weighted by Crippen LogP contribution is 2.36. The second kappa shape index (κ2) is 11.2. The number of ketones is 1. The number of amides is 1. The minimum atomic E-state index is -1.27. The van der Waals surface area contributed by atoms with E-state index in [0.717, 1.165) is 36.4 Å². The second-order valence-electron chi connectivity index (χ2n) is 9.07. The van der Waals surface area contributed by atoms with E-state index in [1.54, 1.807) is 30.3 Å². The molecule has 0 radical (unpaired) electrons. The van der Waals surface area contributed by atoms with Crippen molar-refractivity contribution in [2.75, 3.05) is 32.8 Å². The Bertz CT molecular complexity index is 1290. The third-order valence-electron chi connectivity index (χ3n) is 6.52. The number of nitrogens with one attached hydrogen (secondary N) is 1. The van der Waals surface area contributed by atoms with E-state index in [-0.39, 0.29) is 35.8 Å². The molecule has 10 heteroatoms. The molecule has 2 aliphatic rings. The van der Waals surface area contributed by atoms with E-state index in [1.165, 1.54) is 23.5 Å².